The highest BCUT2D eigenvalue weighted by molar-refractivity contribution is 7.99. The number of aliphatic carboxylic acids is 1. The summed E-state index contributed by atoms with van der Waals surface area (Å²) in [5.74, 6) is -0.468. The number of methoxy groups -OCH3 is 2. The molecule has 1 unspecified atom stereocenters. The fourth-order valence-electron chi connectivity index (χ4n) is 2.04. The van der Waals surface area contributed by atoms with Gasteiger partial charge in [-0.05, 0) is 17.9 Å². The smallest absolute Gasteiger partial charge is 0.326 e. The van der Waals surface area contributed by atoms with Crippen LogP contribution in [0.1, 0.15) is 23.7 Å². The zero-order valence-corrected chi connectivity index (χ0v) is 14.9. The lowest BCUT2D eigenvalue weighted by Gasteiger charge is -2.15. The van der Waals surface area contributed by atoms with Gasteiger partial charge in [0.15, 0.2) is 11.5 Å². The molecular formula is C15H20N2O7S. The predicted molar refractivity (Wildman–Crippen MR) is 92.7 cm³/mol. The van der Waals surface area contributed by atoms with Gasteiger partial charge >= 0.3 is 5.97 Å². The molecule has 0 aliphatic carbocycles. The first-order valence-electron chi connectivity index (χ1n) is 7.37. The third kappa shape index (κ3) is 5.52. The largest absolute Gasteiger partial charge is 0.493 e. The number of ether oxygens (including phenoxy) is 2. The summed E-state index contributed by atoms with van der Waals surface area (Å²) in [6.45, 7) is 1.94. The van der Waals surface area contributed by atoms with E-state index in [1.165, 1.54) is 26.0 Å². The van der Waals surface area contributed by atoms with Crippen LogP contribution in [-0.2, 0) is 4.79 Å². The predicted octanol–water partition coefficient (Wildman–Crippen LogP) is 1.94. The SMILES string of the molecule is CCSCCC(NC(=O)c1cc(OC)c(OC)cc1[N+](=O)[O-])C(=O)O. The van der Waals surface area contributed by atoms with Crippen LogP contribution in [0.3, 0.4) is 0 Å². The van der Waals surface area contributed by atoms with E-state index in [-0.39, 0.29) is 23.5 Å². The standard InChI is InChI=1S/C15H20N2O7S/c1-4-25-6-5-10(15(19)20)16-14(18)9-7-12(23-2)13(24-3)8-11(9)17(21)22/h7-8,10H,4-6H2,1-3H3,(H,16,18)(H,19,20). The molecule has 10 heteroatoms. The lowest BCUT2D eigenvalue weighted by molar-refractivity contribution is -0.385. The number of carboxylic acids is 1. The Morgan fingerprint density at radius 3 is 2.40 bits per heavy atom. The summed E-state index contributed by atoms with van der Waals surface area (Å²) in [6.07, 6.45) is 0.209. The fourth-order valence-corrected chi connectivity index (χ4v) is 2.73. The van der Waals surface area contributed by atoms with Crippen LogP contribution in [0.4, 0.5) is 5.69 Å². The van der Waals surface area contributed by atoms with Crippen molar-refractivity contribution in [1.29, 1.82) is 0 Å². The molecule has 9 nitrogen and oxygen atoms in total. The Bertz CT molecular complexity index is 651. The Kier molecular flexibility index (Phi) is 7.99. The molecule has 0 aliphatic rings. The maximum Gasteiger partial charge on any atom is 0.326 e. The van der Waals surface area contributed by atoms with Crippen LogP contribution in [0.5, 0.6) is 11.5 Å². The molecule has 0 bridgehead atoms. The number of carbonyl (C=O) groups excluding carboxylic acids is 1. The minimum atomic E-state index is -1.20. The highest BCUT2D eigenvalue weighted by Gasteiger charge is 2.28. The molecule has 0 fully saturated rings. The first-order chi connectivity index (χ1) is 11.8. The van der Waals surface area contributed by atoms with Crippen LogP contribution in [0.15, 0.2) is 12.1 Å². The van der Waals surface area contributed by atoms with Gasteiger partial charge in [-0.15, -0.1) is 0 Å². The van der Waals surface area contributed by atoms with Crippen LogP contribution in [0.25, 0.3) is 0 Å². The first kappa shape index (κ1) is 20.6. The van der Waals surface area contributed by atoms with Gasteiger partial charge in [0, 0.05) is 6.07 Å². The Labute approximate surface area is 148 Å². The van der Waals surface area contributed by atoms with E-state index in [1.54, 1.807) is 0 Å². The van der Waals surface area contributed by atoms with E-state index in [1.807, 2.05) is 6.92 Å². The summed E-state index contributed by atoms with van der Waals surface area (Å²) in [5, 5.41) is 22.8. The normalized spacial score (nSPS) is 11.5. The molecule has 138 valence electrons. The number of nitro benzene ring substituents is 1. The van der Waals surface area contributed by atoms with Crippen molar-refractivity contribution < 1.29 is 29.1 Å². The Morgan fingerprint density at radius 1 is 1.32 bits per heavy atom. The summed E-state index contributed by atoms with van der Waals surface area (Å²) in [5.41, 5.74) is -0.792. The van der Waals surface area contributed by atoms with Crippen molar-refractivity contribution in [1.82, 2.24) is 5.32 Å². The van der Waals surface area contributed by atoms with E-state index in [2.05, 4.69) is 5.32 Å². The van der Waals surface area contributed by atoms with Gasteiger partial charge in [0.25, 0.3) is 11.6 Å². The molecule has 0 radical (unpaired) electrons. The van der Waals surface area contributed by atoms with Crippen LogP contribution in [0.2, 0.25) is 0 Å². The zero-order valence-electron chi connectivity index (χ0n) is 14.1. The number of amides is 1. The average molecular weight is 372 g/mol. The molecule has 0 saturated carbocycles. The van der Waals surface area contributed by atoms with E-state index in [4.69, 9.17) is 9.47 Å². The van der Waals surface area contributed by atoms with Gasteiger partial charge in [-0.1, -0.05) is 6.92 Å². The third-order valence-electron chi connectivity index (χ3n) is 3.30. The number of nitrogens with zero attached hydrogens (tertiary/aromatic N) is 1. The second-order valence-electron chi connectivity index (χ2n) is 4.83. The maximum atomic E-state index is 12.4. The fraction of sp³-hybridized carbons (Fsp3) is 0.467. The molecule has 1 amide bonds. The van der Waals surface area contributed by atoms with Crippen LogP contribution in [-0.4, -0.2) is 53.7 Å². The van der Waals surface area contributed by atoms with Crippen molar-refractivity contribution in [3.63, 3.8) is 0 Å². The van der Waals surface area contributed by atoms with Crippen molar-refractivity contribution in [3.8, 4) is 11.5 Å². The minimum Gasteiger partial charge on any atom is -0.493 e. The number of hydrogen-bond donors (Lipinski definition) is 2. The highest BCUT2D eigenvalue weighted by atomic mass is 32.2. The number of hydrogen-bond acceptors (Lipinski definition) is 7. The molecule has 1 atom stereocenters. The molecule has 0 saturated heterocycles. The van der Waals surface area contributed by atoms with Gasteiger partial charge in [0.2, 0.25) is 0 Å². The lowest BCUT2D eigenvalue weighted by atomic mass is 10.1. The second-order valence-corrected chi connectivity index (χ2v) is 6.23. The maximum absolute atomic E-state index is 12.4. The molecule has 0 heterocycles. The van der Waals surface area contributed by atoms with E-state index in [0.717, 1.165) is 17.9 Å². The number of carbonyl (C=O) groups is 2. The molecule has 1 aromatic carbocycles. The van der Waals surface area contributed by atoms with Crippen LogP contribution in [0, 0.1) is 10.1 Å². The number of carboxylic acid groups (broad SMARTS) is 1. The molecule has 0 aromatic heterocycles. The lowest BCUT2D eigenvalue weighted by Crippen LogP contribution is -2.41. The number of rotatable bonds is 10. The summed E-state index contributed by atoms with van der Waals surface area (Å²) < 4.78 is 10.0. The zero-order chi connectivity index (χ0) is 19.0. The number of nitrogens with one attached hydrogen (secondary N) is 1. The molecule has 25 heavy (non-hydrogen) atoms. The monoisotopic (exact) mass is 372 g/mol. The molecule has 1 aromatic rings. The summed E-state index contributed by atoms with van der Waals surface area (Å²) in [6, 6.07) is 1.09. The third-order valence-corrected chi connectivity index (χ3v) is 4.23. The highest BCUT2D eigenvalue weighted by Crippen LogP contribution is 2.34. The second kappa shape index (κ2) is 9.72. The number of nitro groups is 1. The van der Waals surface area contributed by atoms with E-state index in [9.17, 15) is 24.8 Å². The van der Waals surface area contributed by atoms with Crippen LogP contribution >= 0.6 is 11.8 Å². The Morgan fingerprint density at radius 2 is 1.92 bits per heavy atom. The summed E-state index contributed by atoms with van der Waals surface area (Å²) in [7, 11) is 2.64. The quantitative estimate of drug-likeness (QED) is 0.362. The molecule has 2 N–H and O–H groups in total. The summed E-state index contributed by atoms with van der Waals surface area (Å²) in [4.78, 5) is 34.2. The van der Waals surface area contributed by atoms with Gasteiger partial charge < -0.3 is 19.9 Å². The van der Waals surface area contributed by atoms with Gasteiger partial charge in [0.05, 0.1) is 25.2 Å². The van der Waals surface area contributed by atoms with Crippen molar-refractivity contribution >= 4 is 29.3 Å². The number of benzene rings is 1. The van der Waals surface area contributed by atoms with E-state index < -0.39 is 28.5 Å². The topological polar surface area (TPSA) is 128 Å². The van der Waals surface area contributed by atoms with Crippen molar-refractivity contribution in [2.45, 2.75) is 19.4 Å². The van der Waals surface area contributed by atoms with Crippen molar-refractivity contribution in [3.05, 3.63) is 27.8 Å². The molecule has 0 spiro atoms. The molecular weight excluding hydrogens is 352 g/mol. The van der Waals surface area contributed by atoms with E-state index >= 15 is 0 Å². The van der Waals surface area contributed by atoms with Crippen molar-refractivity contribution in [2.75, 3.05) is 25.7 Å². The van der Waals surface area contributed by atoms with Gasteiger partial charge in [-0.3, -0.25) is 14.9 Å². The molecule has 0 aliphatic heterocycles. The molecule has 1 rings (SSSR count). The Balaban J connectivity index is 3.13. The Hall–Kier alpha value is -2.49. The van der Waals surface area contributed by atoms with E-state index in [0.29, 0.717) is 5.75 Å². The summed E-state index contributed by atoms with van der Waals surface area (Å²) >= 11 is 1.54. The first-order valence-corrected chi connectivity index (χ1v) is 8.52. The van der Waals surface area contributed by atoms with Gasteiger partial charge in [0.1, 0.15) is 11.6 Å². The number of thioether (sulfide) groups is 1. The van der Waals surface area contributed by atoms with Gasteiger partial charge in [-0.2, -0.15) is 11.8 Å². The van der Waals surface area contributed by atoms with Crippen LogP contribution < -0.4 is 14.8 Å². The minimum absolute atomic E-state index is 0.0971. The van der Waals surface area contributed by atoms with Crippen molar-refractivity contribution in [2.24, 2.45) is 0 Å². The average Bonchev–Trinajstić information content (AvgIpc) is 2.59. The van der Waals surface area contributed by atoms with Gasteiger partial charge in [-0.25, -0.2) is 4.79 Å².